The number of aliphatic imine (C=N–C) groups is 2. The highest BCUT2D eigenvalue weighted by Crippen LogP contribution is 2.52. The second-order valence-electron chi connectivity index (χ2n) is 16.3. The highest BCUT2D eigenvalue weighted by molar-refractivity contribution is 7.20. The molecule has 0 saturated heterocycles. The summed E-state index contributed by atoms with van der Waals surface area (Å²) in [4.78, 5) is 20.9. The van der Waals surface area contributed by atoms with Crippen molar-refractivity contribution in [1.29, 1.82) is 5.41 Å². The molecule has 4 aromatic carbocycles. The Morgan fingerprint density at radius 1 is 0.766 bits per heavy atom. The SMILES string of the molecule is C=C/C=C(\C=C)C(N=Cc1ccccc1)=NC(=N)C1=CC=C(C(=C)c2sc3cc(C4=CC=CC5CC45)ccc3c2/C=C/c2ccc3ccc4ccc(-c5ccccc5)nc4c3n2)CC1. The van der Waals surface area contributed by atoms with Crippen molar-refractivity contribution >= 4 is 84.4 Å². The number of amidine groups is 2. The predicted molar refractivity (Wildman–Crippen MR) is 274 cm³/mol. The third-order valence-electron chi connectivity index (χ3n) is 12.2. The van der Waals surface area contributed by atoms with Crippen LogP contribution in [0.25, 0.3) is 66.4 Å². The Hall–Kier alpha value is -7.67. The van der Waals surface area contributed by atoms with Crippen molar-refractivity contribution in [2.24, 2.45) is 21.8 Å². The van der Waals surface area contributed by atoms with E-state index in [0.29, 0.717) is 29.7 Å². The average molecular weight is 844 g/mol. The monoisotopic (exact) mass is 843 g/mol. The summed E-state index contributed by atoms with van der Waals surface area (Å²) in [7, 11) is 0. The van der Waals surface area contributed by atoms with Crippen LogP contribution in [-0.2, 0) is 0 Å². The largest absolute Gasteiger partial charge is 0.283 e. The Morgan fingerprint density at radius 3 is 2.27 bits per heavy atom. The van der Waals surface area contributed by atoms with Gasteiger partial charge in [-0.15, -0.1) is 11.3 Å². The second kappa shape index (κ2) is 17.6. The smallest absolute Gasteiger partial charge is 0.161 e. The van der Waals surface area contributed by atoms with Crippen LogP contribution < -0.4 is 0 Å². The van der Waals surface area contributed by atoms with Gasteiger partial charge in [0, 0.05) is 48.7 Å². The summed E-state index contributed by atoms with van der Waals surface area (Å²) < 4.78 is 1.23. The molecule has 1 fully saturated rings. The maximum absolute atomic E-state index is 9.05. The van der Waals surface area contributed by atoms with E-state index < -0.39 is 0 Å². The highest BCUT2D eigenvalue weighted by Gasteiger charge is 2.39. The second-order valence-corrected chi connectivity index (χ2v) is 17.3. The zero-order valence-corrected chi connectivity index (χ0v) is 36.2. The number of rotatable bonds is 11. The highest BCUT2D eigenvalue weighted by atomic mass is 32.1. The molecular weight excluding hydrogens is 799 g/mol. The Labute approximate surface area is 377 Å². The molecule has 0 bridgehead atoms. The van der Waals surface area contributed by atoms with Gasteiger partial charge in [0.25, 0.3) is 0 Å². The Morgan fingerprint density at radius 2 is 1.50 bits per heavy atom. The van der Waals surface area contributed by atoms with E-state index in [1.165, 1.54) is 27.6 Å². The standard InChI is InChI=1S/C58H45N5S/c1-4-13-39(5-2)58(60-36-38-14-8-6-9-15-38)63-57(59)44-24-20-40(21-25-44)37(3)56-50(49-31-27-46(35-53(49)64-56)48-19-12-18-45-34-51(45)48)32-30-47-29-26-42-22-23-43-28-33-52(41-16-10-7-11-17-41)62-55(43)54(42)61-47/h4-20,22-24,26-33,35-36,45,51,59H,1-3,21,25,34H2/b32-30+,39-13+,59-57?,60-36?,63-58?. The van der Waals surface area contributed by atoms with Gasteiger partial charge in [-0.25, -0.2) is 20.0 Å². The normalized spacial score (nSPS) is 17.4. The minimum atomic E-state index is 0.169. The number of nitrogens with zero attached hydrogens (tertiary/aromatic N) is 4. The third-order valence-corrected chi connectivity index (χ3v) is 13.4. The van der Waals surface area contributed by atoms with E-state index >= 15 is 0 Å². The number of thiophene rings is 1. The third kappa shape index (κ3) is 8.19. The lowest BCUT2D eigenvalue weighted by atomic mass is 9.91. The van der Waals surface area contributed by atoms with E-state index in [2.05, 4.69) is 121 Å². The molecule has 3 aromatic heterocycles. The quantitative estimate of drug-likeness (QED) is 0.0609. The van der Waals surface area contributed by atoms with Gasteiger partial charge in [0.15, 0.2) is 5.84 Å². The van der Waals surface area contributed by atoms with Gasteiger partial charge in [0.1, 0.15) is 5.84 Å². The molecule has 0 aliphatic heterocycles. The van der Waals surface area contributed by atoms with Crippen LogP contribution in [0.1, 0.15) is 46.5 Å². The first-order chi connectivity index (χ1) is 31.4. The molecule has 0 radical (unpaired) electrons. The Kier molecular flexibility index (Phi) is 11.1. The molecular formula is C58H45N5S. The van der Waals surface area contributed by atoms with Gasteiger partial charge in [-0.3, -0.25) is 5.41 Å². The maximum Gasteiger partial charge on any atom is 0.161 e. The van der Waals surface area contributed by atoms with Crippen LogP contribution in [0.5, 0.6) is 0 Å². The van der Waals surface area contributed by atoms with Gasteiger partial charge in [0.05, 0.1) is 22.4 Å². The van der Waals surface area contributed by atoms with Gasteiger partial charge in [0.2, 0.25) is 0 Å². The predicted octanol–water partition coefficient (Wildman–Crippen LogP) is 14.9. The zero-order chi connectivity index (χ0) is 43.6. The summed E-state index contributed by atoms with van der Waals surface area (Å²) in [5.74, 6) is 1.87. The minimum Gasteiger partial charge on any atom is -0.283 e. The van der Waals surface area contributed by atoms with Crippen LogP contribution in [0.3, 0.4) is 0 Å². The number of hydrogen-bond donors (Lipinski definition) is 1. The first kappa shape index (κ1) is 40.4. The fourth-order valence-corrected chi connectivity index (χ4v) is 9.87. The van der Waals surface area contributed by atoms with Crippen LogP contribution in [-0.4, -0.2) is 27.9 Å². The molecule has 1 saturated carbocycles. The van der Waals surface area contributed by atoms with Gasteiger partial charge in [-0.05, 0) is 88.8 Å². The van der Waals surface area contributed by atoms with Crippen LogP contribution in [0.4, 0.5) is 0 Å². The zero-order valence-electron chi connectivity index (χ0n) is 35.4. The lowest BCUT2D eigenvalue weighted by molar-refractivity contribution is 0.964. The number of aromatic nitrogens is 2. The van der Waals surface area contributed by atoms with Gasteiger partial charge < -0.3 is 0 Å². The number of pyridine rings is 2. The van der Waals surface area contributed by atoms with Crippen LogP contribution in [0, 0.1) is 17.2 Å². The van der Waals surface area contributed by atoms with E-state index in [-0.39, 0.29) is 5.84 Å². The molecule has 0 amide bonds. The van der Waals surface area contributed by atoms with Crippen LogP contribution >= 0.6 is 11.3 Å². The van der Waals surface area contributed by atoms with E-state index in [9.17, 15) is 0 Å². The first-order valence-electron chi connectivity index (χ1n) is 21.6. The van der Waals surface area contributed by atoms with Crippen molar-refractivity contribution < 1.29 is 0 Å². The summed E-state index contributed by atoms with van der Waals surface area (Å²) in [6.07, 6.45) is 24.8. The molecule has 1 N–H and O–H groups in total. The van der Waals surface area contributed by atoms with Gasteiger partial charge in [-0.2, -0.15) is 0 Å². The van der Waals surface area contributed by atoms with Crippen LogP contribution in [0.2, 0.25) is 0 Å². The molecule has 10 rings (SSSR count). The average Bonchev–Trinajstić information content (AvgIpc) is 4.07. The topological polar surface area (TPSA) is 74.3 Å². The Balaban J connectivity index is 0.998. The molecule has 3 heterocycles. The van der Waals surface area contributed by atoms with Crippen molar-refractivity contribution in [2.75, 3.05) is 0 Å². The minimum absolute atomic E-state index is 0.169. The van der Waals surface area contributed by atoms with Gasteiger partial charge in [-0.1, -0.05) is 171 Å². The van der Waals surface area contributed by atoms with E-state index in [1.807, 2.05) is 54.6 Å². The number of nitrogens with one attached hydrogen (secondary N) is 1. The molecule has 7 aromatic rings. The van der Waals surface area contributed by atoms with Crippen molar-refractivity contribution in [1.82, 2.24) is 9.97 Å². The van der Waals surface area contributed by atoms with Crippen molar-refractivity contribution in [2.45, 2.75) is 19.3 Å². The molecule has 3 aliphatic rings. The van der Waals surface area contributed by atoms with E-state index in [4.69, 9.17) is 26.9 Å². The molecule has 0 spiro atoms. The maximum atomic E-state index is 9.05. The molecule has 308 valence electrons. The molecule has 6 heteroatoms. The van der Waals surface area contributed by atoms with E-state index in [1.54, 1.807) is 35.8 Å². The fourth-order valence-electron chi connectivity index (χ4n) is 8.63. The molecule has 3 aliphatic carbocycles. The summed E-state index contributed by atoms with van der Waals surface area (Å²) >= 11 is 1.80. The summed E-state index contributed by atoms with van der Waals surface area (Å²) in [5, 5.41) is 12.4. The van der Waals surface area contributed by atoms with Crippen molar-refractivity contribution in [3.8, 4) is 11.3 Å². The number of fused-ring (bicyclic) bond motifs is 5. The Bertz CT molecular complexity index is 3310. The molecule has 2 atom stereocenters. The van der Waals surface area contributed by atoms with Crippen molar-refractivity contribution in [3.05, 3.63) is 228 Å². The van der Waals surface area contributed by atoms with Gasteiger partial charge >= 0.3 is 0 Å². The molecule has 5 nitrogen and oxygen atoms in total. The van der Waals surface area contributed by atoms with Crippen LogP contribution in [0.15, 0.2) is 210 Å². The number of hydrogen-bond acceptors (Lipinski definition) is 4. The number of allylic oxidation sites excluding steroid dienone is 10. The lowest BCUT2D eigenvalue weighted by Crippen LogP contribution is -2.08. The fraction of sp³-hybridized carbons (Fsp3) is 0.0862. The number of benzene rings is 4. The van der Waals surface area contributed by atoms with Crippen molar-refractivity contribution in [3.63, 3.8) is 0 Å². The summed E-state index contributed by atoms with van der Waals surface area (Å²) in [6, 6.07) is 39.8. The molecule has 64 heavy (non-hydrogen) atoms. The summed E-state index contributed by atoms with van der Waals surface area (Å²) in [6.45, 7) is 12.5. The lowest BCUT2D eigenvalue weighted by Gasteiger charge is -2.16. The molecule has 2 unspecified atom stereocenters. The summed E-state index contributed by atoms with van der Waals surface area (Å²) in [5.41, 5.74) is 13.1. The van der Waals surface area contributed by atoms with E-state index in [0.717, 1.165) is 77.9 Å². The first-order valence-corrected chi connectivity index (χ1v) is 22.5.